The van der Waals surface area contributed by atoms with Crippen molar-refractivity contribution in [3.8, 4) is 0 Å². The third-order valence-corrected chi connectivity index (χ3v) is 6.10. The van der Waals surface area contributed by atoms with Gasteiger partial charge in [-0.3, -0.25) is 9.69 Å². The first-order valence-corrected chi connectivity index (χ1v) is 10.8. The number of piperazine rings is 1. The highest BCUT2D eigenvalue weighted by Gasteiger charge is 2.28. The van der Waals surface area contributed by atoms with Gasteiger partial charge in [-0.2, -0.15) is 0 Å². The van der Waals surface area contributed by atoms with E-state index in [9.17, 15) is 4.79 Å². The van der Waals surface area contributed by atoms with Gasteiger partial charge in [0, 0.05) is 43.3 Å². The first-order chi connectivity index (χ1) is 14.5. The lowest BCUT2D eigenvalue weighted by Gasteiger charge is -2.41. The highest BCUT2D eigenvalue weighted by Crippen LogP contribution is 2.31. The zero-order valence-electron chi connectivity index (χ0n) is 18.1. The van der Waals surface area contributed by atoms with E-state index < -0.39 is 0 Å². The number of aromatic nitrogens is 2. The summed E-state index contributed by atoms with van der Waals surface area (Å²) < 4.78 is 0. The van der Waals surface area contributed by atoms with Gasteiger partial charge in [0.1, 0.15) is 5.82 Å². The van der Waals surface area contributed by atoms with Crippen LogP contribution < -0.4 is 16.2 Å². The minimum Gasteiger partial charge on any atom is -0.397 e. The number of rotatable bonds is 5. The van der Waals surface area contributed by atoms with Gasteiger partial charge >= 0.3 is 0 Å². The van der Waals surface area contributed by atoms with Crippen molar-refractivity contribution in [1.29, 1.82) is 0 Å². The predicted octanol–water partition coefficient (Wildman–Crippen LogP) is 3.59. The number of nitrogens with zero attached hydrogens (tertiary/aromatic N) is 3. The van der Waals surface area contributed by atoms with Gasteiger partial charge in [0.25, 0.3) is 5.56 Å². The van der Waals surface area contributed by atoms with Crippen LogP contribution in [0.1, 0.15) is 37.9 Å². The van der Waals surface area contributed by atoms with Gasteiger partial charge in [-0.05, 0) is 47.6 Å². The number of fused-ring (bicyclic) bond motifs is 1. The number of benzene rings is 1. The fourth-order valence-corrected chi connectivity index (χ4v) is 4.54. The van der Waals surface area contributed by atoms with Crippen molar-refractivity contribution >= 4 is 22.4 Å². The molecule has 0 spiro atoms. The van der Waals surface area contributed by atoms with Crippen LogP contribution in [0.4, 0.5) is 11.5 Å². The summed E-state index contributed by atoms with van der Waals surface area (Å²) in [5.41, 5.74) is 9.50. The molecule has 4 rings (SSSR count). The molecule has 2 aromatic heterocycles. The Bertz CT molecular complexity index is 1070. The lowest BCUT2D eigenvalue weighted by Crippen LogP contribution is -2.49. The van der Waals surface area contributed by atoms with Crippen LogP contribution in [0, 0.1) is 5.92 Å². The molecule has 3 heterocycles. The second kappa shape index (κ2) is 8.48. The standard InChI is InChI=1S/C24H31N5O/c1-4-17-13-18-5-6-19(14-21(18)27-24(17)30)23(16(2)3)29-11-9-28(10-12-29)22-8-7-20(25)15-26-22/h5-8,13-16,23H,4,9-12,25H2,1-3H3,(H,27,30). The molecule has 1 fully saturated rings. The number of hydrogen-bond acceptors (Lipinski definition) is 5. The van der Waals surface area contributed by atoms with Gasteiger partial charge in [0.15, 0.2) is 0 Å². The molecule has 30 heavy (non-hydrogen) atoms. The maximum atomic E-state index is 12.3. The Morgan fingerprint density at radius 2 is 1.87 bits per heavy atom. The number of nitrogen functional groups attached to an aromatic ring is 1. The second-order valence-corrected chi connectivity index (χ2v) is 8.49. The number of hydrogen-bond donors (Lipinski definition) is 2. The van der Waals surface area contributed by atoms with E-state index in [2.05, 4.69) is 51.8 Å². The molecule has 1 aliphatic heterocycles. The molecule has 6 nitrogen and oxygen atoms in total. The van der Waals surface area contributed by atoms with E-state index in [4.69, 9.17) is 5.73 Å². The summed E-state index contributed by atoms with van der Waals surface area (Å²) in [4.78, 5) is 24.7. The molecule has 158 valence electrons. The quantitative estimate of drug-likeness (QED) is 0.678. The molecule has 1 atom stereocenters. The van der Waals surface area contributed by atoms with Gasteiger partial charge in [-0.1, -0.05) is 32.9 Å². The summed E-state index contributed by atoms with van der Waals surface area (Å²) >= 11 is 0. The zero-order chi connectivity index (χ0) is 21.3. The molecular formula is C24H31N5O. The molecular weight excluding hydrogens is 374 g/mol. The zero-order valence-corrected chi connectivity index (χ0v) is 18.1. The summed E-state index contributed by atoms with van der Waals surface area (Å²) in [5, 5.41) is 1.09. The van der Waals surface area contributed by atoms with E-state index in [1.165, 1.54) is 5.56 Å². The molecule has 0 saturated carbocycles. The Morgan fingerprint density at radius 1 is 1.10 bits per heavy atom. The molecule has 0 amide bonds. The van der Waals surface area contributed by atoms with Crippen LogP contribution in [0.5, 0.6) is 0 Å². The summed E-state index contributed by atoms with van der Waals surface area (Å²) in [7, 11) is 0. The van der Waals surface area contributed by atoms with Crippen molar-refractivity contribution in [2.45, 2.75) is 33.2 Å². The summed E-state index contributed by atoms with van der Waals surface area (Å²) in [6.07, 6.45) is 2.47. The van der Waals surface area contributed by atoms with Gasteiger partial charge in [-0.15, -0.1) is 0 Å². The molecule has 3 N–H and O–H groups in total. The Labute approximate surface area is 177 Å². The lowest BCUT2D eigenvalue weighted by molar-refractivity contribution is 0.146. The molecule has 1 aromatic carbocycles. The number of aromatic amines is 1. The molecule has 0 radical (unpaired) electrons. The molecule has 1 aliphatic rings. The Balaban J connectivity index is 1.55. The lowest BCUT2D eigenvalue weighted by atomic mass is 9.92. The molecule has 0 aliphatic carbocycles. The van der Waals surface area contributed by atoms with Gasteiger partial charge < -0.3 is 15.6 Å². The summed E-state index contributed by atoms with van der Waals surface area (Å²) in [6.45, 7) is 10.4. The average molecular weight is 406 g/mol. The number of pyridine rings is 2. The molecule has 1 saturated heterocycles. The molecule has 6 heteroatoms. The van der Waals surface area contributed by atoms with Crippen LogP contribution >= 0.6 is 0 Å². The van der Waals surface area contributed by atoms with Crippen molar-refractivity contribution in [2.75, 3.05) is 36.8 Å². The van der Waals surface area contributed by atoms with Crippen LogP contribution in [0.2, 0.25) is 0 Å². The first kappa shape index (κ1) is 20.4. The maximum absolute atomic E-state index is 12.3. The number of aryl methyl sites for hydroxylation is 1. The van der Waals surface area contributed by atoms with E-state index in [-0.39, 0.29) is 5.56 Å². The van der Waals surface area contributed by atoms with Crippen molar-refractivity contribution in [3.63, 3.8) is 0 Å². The highest BCUT2D eigenvalue weighted by atomic mass is 16.1. The van der Waals surface area contributed by atoms with Crippen LogP contribution in [-0.4, -0.2) is 41.0 Å². The summed E-state index contributed by atoms with van der Waals surface area (Å²) in [5.74, 6) is 1.45. The van der Waals surface area contributed by atoms with Gasteiger partial charge in [0.2, 0.25) is 0 Å². The van der Waals surface area contributed by atoms with E-state index in [1.54, 1.807) is 6.20 Å². The minimum atomic E-state index is 0.0212. The normalized spacial score (nSPS) is 16.3. The van der Waals surface area contributed by atoms with Crippen molar-refractivity contribution in [3.05, 3.63) is 64.1 Å². The van der Waals surface area contributed by atoms with Crippen LogP contribution in [0.3, 0.4) is 0 Å². The fourth-order valence-electron chi connectivity index (χ4n) is 4.54. The van der Waals surface area contributed by atoms with Crippen LogP contribution in [-0.2, 0) is 6.42 Å². The largest absolute Gasteiger partial charge is 0.397 e. The van der Waals surface area contributed by atoms with Crippen molar-refractivity contribution in [2.24, 2.45) is 5.92 Å². The van der Waals surface area contributed by atoms with Crippen molar-refractivity contribution < 1.29 is 0 Å². The number of anilines is 2. The Hall–Kier alpha value is -2.86. The third kappa shape index (κ3) is 4.05. The van der Waals surface area contributed by atoms with E-state index >= 15 is 0 Å². The molecule has 1 unspecified atom stereocenters. The number of nitrogens with one attached hydrogen (secondary N) is 1. The SMILES string of the molecule is CCc1cc2ccc(C(C(C)C)N3CCN(c4ccc(N)cn4)CC3)cc2[nH]c1=O. The summed E-state index contributed by atoms with van der Waals surface area (Å²) in [6, 6.07) is 12.8. The molecule has 3 aromatic rings. The smallest absolute Gasteiger partial charge is 0.251 e. The average Bonchev–Trinajstić information content (AvgIpc) is 2.74. The first-order valence-electron chi connectivity index (χ1n) is 10.8. The van der Waals surface area contributed by atoms with Crippen molar-refractivity contribution in [1.82, 2.24) is 14.9 Å². The van der Waals surface area contributed by atoms with Gasteiger partial charge in [0.05, 0.1) is 11.9 Å². The monoisotopic (exact) mass is 405 g/mol. The van der Waals surface area contributed by atoms with Crippen LogP contribution in [0.15, 0.2) is 47.4 Å². The van der Waals surface area contributed by atoms with E-state index in [0.717, 1.165) is 54.9 Å². The molecule has 0 bridgehead atoms. The minimum absolute atomic E-state index is 0.0212. The van der Waals surface area contributed by atoms with E-state index in [0.29, 0.717) is 17.6 Å². The van der Waals surface area contributed by atoms with Gasteiger partial charge in [-0.25, -0.2) is 4.98 Å². The number of H-pyrrole nitrogens is 1. The Kier molecular flexibility index (Phi) is 5.77. The maximum Gasteiger partial charge on any atom is 0.251 e. The Morgan fingerprint density at radius 3 is 2.50 bits per heavy atom. The number of nitrogens with two attached hydrogens (primary N) is 1. The topological polar surface area (TPSA) is 78.2 Å². The van der Waals surface area contributed by atoms with E-state index in [1.807, 2.05) is 25.1 Å². The fraction of sp³-hybridized carbons (Fsp3) is 0.417. The van der Waals surface area contributed by atoms with Crippen LogP contribution in [0.25, 0.3) is 10.9 Å². The third-order valence-electron chi connectivity index (χ3n) is 6.10. The predicted molar refractivity (Wildman–Crippen MR) is 124 cm³/mol. The second-order valence-electron chi connectivity index (χ2n) is 8.49. The highest BCUT2D eigenvalue weighted by molar-refractivity contribution is 5.79.